The van der Waals surface area contributed by atoms with Gasteiger partial charge in [-0.2, -0.15) is 5.10 Å². The van der Waals surface area contributed by atoms with Crippen LogP contribution in [-0.4, -0.2) is 34.0 Å². The zero-order valence-corrected chi connectivity index (χ0v) is 15.9. The fourth-order valence-electron chi connectivity index (χ4n) is 2.75. The van der Waals surface area contributed by atoms with Crippen molar-refractivity contribution in [2.75, 3.05) is 6.54 Å². The Morgan fingerprint density at radius 1 is 0.967 bits per heavy atom. The fraction of sp³-hybridized carbons (Fsp3) is 0.150. The lowest BCUT2D eigenvalue weighted by atomic mass is 10.1. The van der Waals surface area contributed by atoms with Crippen LogP contribution in [0.5, 0.6) is 0 Å². The lowest BCUT2D eigenvalue weighted by Crippen LogP contribution is -2.47. The van der Waals surface area contributed by atoms with Gasteiger partial charge in [0, 0.05) is 11.9 Å². The van der Waals surface area contributed by atoms with Crippen LogP contribution in [0.1, 0.15) is 27.8 Å². The van der Waals surface area contributed by atoms with E-state index in [0.717, 1.165) is 10.7 Å². The molecule has 3 N–H and O–H groups in total. The van der Waals surface area contributed by atoms with Gasteiger partial charge in [0.05, 0.1) is 17.5 Å². The molecular formula is C20H18FN5O4. The van der Waals surface area contributed by atoms with Gasteiger partial charge in [-0.15, -0.1) is 0 Å². The largest absolute Gasteiger partial charge is 0.343 e. The minimum Gasteiger partial charge on any atom is -0.343 e. The van der Waals surface area contributed by atoms with Crippen LogP contribution in [0.2, 0.25) is 0 Å². The monoisotopic (exact) mass is 411 g/mol. The highest BCUT2D eigenvalue weighted by Gasteiger charge is 2.17. The van der Waals surface area contributed by atoms with Gasteiger partial charge in [0.1, 0.15) is 5.82 Å². The highest BCUT2D eigenvalue weighted by atomic mass is 19.1. The molecule has 0 saturated heterocycles. The summed E-state index contributed by atoms with van der Waals surface area (Å²) in [6.07, 6.45) is 0. The lowest BCUT2D eigenvalue weighted by Gasteiger charge is -2.11. The first kappa shape index (κ1) is 20.6. The molecule has 0 aliphatic rings. The first-order valence-electron chi connectivity index (χ1n) is 9.04. The highest BCUT2D eigenvalue weighted by Crippen LogP contribution is 2.13. The summed E-state index contributed by atoms with van der Waals surface area (Å²) in [4.78, 5) is 48.7. The summed E-state index contributed by atoms with van der Waals surface area (Å²) < 4.78 is 14.7. The van der Waals surface area contributed by atoms with Crippen LogP contribution in [-0.2, 0) is 11.3 Å². The van der Waals surface area contributed by atoms with Crippen molar-refractivity contribution in [3.8, 4) is 0 Å². The van der Waals surface area contributed by atoms with Gasteiger partial charge in [0.25, 0.3) is 23.3 Å². The molecule has 154 valence electrons. The number of hydrogen-bond acceptors (Lipinski definition) is 5. The number of carbonyl (C=O) groups is 3. The average Bonchev–Trinajstić information content (AvgIpc) is 2.76. The number of fused-ring (bicyclic) bond motifs is 1. The van der Waals surface area contributed by atoms with E-state index in [1.54, 1.807) is 31.2 Å². The second kappa shape index (κ2) is 8.95. The predicted molar refractivity (Wildman–Crippen MR) is 106 cm³/mol. The van der Waals surface area contributed by atoms with Gasteiger partial charge in [-0.1, -0.05) is 30.3 Å². The van der Waals surface area contributed by atoms with E-state index < -0.39 is 30.1 Å². The summed E-state index contributed by atoms with van der Waals surface area (Å²) in [6, 6.07) is 11.8. The van der Waals surface area contributed by atoms with Crippen molar-refractivity contribution in [3.63, 3.8) is 0 Å². The third-order valence-electron chi connectivity index (χ3n) is 4.23. The van der Waals surface area contributed by atoms with E-state index in [4.69, 9.17) is 0 Å². The molecule has 0 spiro atoms. The van der Waals surface area contributed by atoms with Crippen LogP contribution in [0.25, 0.3) is 10.8 Å². The van der Waals surface area contributed by atoms with Gasteiger partial charge in [-0.3, -0.25) is 30.0 Å². The summed E-state index contributed by atoms with van der Waals surface area (Å²) in [5.41, 5.74) is 3.77. The van der Waals surface area contributed by atoms with Crippen LogP contribution in [0.15, 0.2) is 53.3 Å². The van der Waals surface area contributed by atoms with Gasteiger partial charge >= 0.3 is 0 Å². The zero-order valence-electron chi connectivity index (χ0n) is 15.9. The molecule has 0 aliphatic carbocycles. The number of hydrazine groups is 1. The van der Waals surface area contributed by atoms with Crippen molar-refractivity contribution in [2.45, 2.75) is 13.5 Å². The van der Waals surface area contributed by atoms with E-state index in [1.807, 2.05) is 0 Å². The normalized spacial score (nSPS) is 10.5. The first-order valence-corrected chi connectivity index (χ1v) is 9.04. The third-order valence-corrected chi connectivity index (χ3v) is 4.23. The number of amides is 3. The number of hydrogen-bond donors (Lipinski definition) is 3. The second-order valence-electron chi connectivity index (χ2n) is 6.18. The maximum Gasteiger partial charge on any atom is 0.290 e. The molecule has 3 rings (SSSR count). The van der Waals surface area contributed by atoms with E-state index >= 15 is 0 Å². The van der Waals surface area contributed by atoms with Crippen LogP contribution < -0.4 is 21.7 Å². The van der Waals surface area contributed by atoms with E-state index in [1.165, 1.54) is 18.2 Å². The van der Waals surface area contributed by atoms with Crippen molar-refractivity contribution < 1.29 is 18.8 Å². The van der Waals surface area contributed by atoms with Crippen LogP contribution in [0, 0.1) is 5.82 Å². The maximum absolute atomic E-state index is 13.6. The maximum atomic E-state index is 13.6. The fourth-order valence-corrected chi connectivity index (χ4v) is 2.75. The first-order chi connectivity index (χ1) is 14.4. The number of aryl methyl sites for hydroxylation is 1. The standard InChI is InChI=1S/C20H18FN5O4/c1-2-26-20(30)13-8-4-3-7-12(13)17(25-26)19(29)24-23-16(27)11-22-18(28)14-9-5-6-10-15(14)21/h3-10H,2,11H2,1H3,(H,22,28)(H,23,27)(H,24,29). The number of halogens is 1. The molecule has 1 heterocycles. The molecule has 0 radical (unpaired) electrons. The minimum absolute atomic E-state index is 0.0391. The number of nitrogens with one attached hydrogen (secondary N) is 3. The quantitative estimate of drug-likeness (QED) is 0.535. The number of carbonyl (C=O) groups excluding carboxylic acids is 3. The molecule has 1 aromatic heterocycles. The zero-order chi connectivity index (χ0) is 21.7. The average molecular weight is 411 g/mol. The summed E-state index contributed by atoms with van der Waals surface area (Å²) in [7, 11) is 0. The molecule has 0 bridgehead atoms. The van der Waals surface area contributed by atoms with Gasteiger partial charge in [0.2, 0.25) is 0 Å². The summed E-state index contributed by atoms with van der Waals surface area (Å²) in [5, 5.41) is 6.97. The Kier molecular flexibility index (Phi) is 6.16. The molecule has 10 heteroatoms. The Morgan fingerprint density at radius 3 is 2.33 bits per heavy atom. The Bertz CT molecular complexity index is 1190. The van der Waals surface area contributed by atoms with Gasteiger partial charge in [-0.05, 0) is 25.1 Å². The third kappa shape index (κ3) is 4.32. The minimum atomic E-state index is -0.766. The van der Waals surface area contributed by atoms with Gasteiger partial charge in [0.15, 0.2) is 5.69 Å². The van der Waals surface area contributed by atoms with Crippen LogP contribution >= 0.6 is 0 Å². The number of rotatable bonds is 5. The van der Waals surface area contributed by atoms with Crippen molar-refractivity contribution in [3.05, 3.63) is 76.0 Å². The smallest absolute Gasteiger partial charge is 0.290 e. The molecule has 0 unspecified atom stereocenters. The SMILES string of the molecule is CCn1nc(C(=O)NNC(=O)CNC(=O)c2ccccc2F)c2ccccc2c1=O. The van der Waals surface area contributed by atoms with Crippen molar-refractivity contribution in [1.29, 1.82) is 0 Å². The molecule has 9 nitrogen and oxygen atoms in total. The van der Waals surface area contributed by atoms with Crippen LogP contribution in [0.3, 0.4) is 0 Å². The molecule has 30 heavy (non-hydrogen) atoms. The number of nitrogens with zero attached hydrogens (tertiary/aromatic N) is 2. The highest BCUT2D eigenvalue weighted by molar-refractivity contribution is 6.05. The topological polar surface area (TPSA) is 122 Å². The Balaban J connectivity index is 1.65. The van der Waals surface area contributed by atoms with E-state index in [-0.39, 0.29) is 23.4 Å². The lowest BCUT2D eigenvalue weighted by molar-refractivity contribution is -0.120. The second-order valence-corrected chi connectivity index (χ2v) is 6.18. The molecule has 3 aromatic rings. The van der Waals surface area contributed by atoms with Crippen molar-refractivity contribution in [2.24, 2.45) is 0 Å². The number of aromatic nitrogens is 2. The van der Waals surface area contributed by atoms with Gasteiger partial charge < -0.3 is 5.32 Å². The Morgan fingerprint density at radius 2 is 1.63 bits per heavy atom. The molecule has 2 aromatic carbocycles. The molecule has 0 aliphatic heterocycles. The molecular weight excluding hydrogens is 393 g/mol. The molecule has 0 atom stereocenters. The van der Waals surface area contributed by atoms with Crippen LogP contribution in [0.4, 0.5) is 4.39 Å². The molecule has 0 saturated carbocycles. The predicted octanol–water partition coefficient (Wildman–Crippen LogP) is 0.747. The summed E-state index contributed by atoms with van der Waals surface area (Å²) in [5.74, 6) is -2.95. The summed E-state index contributed by atoms with van der Waals surface area (Å²) >= 11 is 0. The van der Waals surface area contributed by atoms with E-state index in [2.05, 4.69) is 21.3 Å². The van der Waals surface area contributed by atoms with E-state index in [0.29, 0.717) is 10.8 Å². The summed E-state index contributed by atoms with van der Waals surface area (Å²) in [6.45, 7) is 1.49. The number of benzene rings is 2. The Hall–Kier alpha value is -4.08. The molecule has 0 fully saturated rings. The van der Waals surface area contributed by atoms with Gasteiger partial charge in [-0.25, -0.2) is 9.07 Å². The molecule has 3 amide bonds. The van der Waals surface area contributed by atoms with Crippen molar-refractivity contribution >= 4 is 28.5 Å². The Labute approximate surface area is 169 Å². The van der Waals surface area contributed by atoms with E-state index in [9.17, 15) is 23.6 Å². The van der Waals surface area contributed by atoms with Crippen molar-refractivity contribution in [1.82, 2.24) is 25.9 Å².